The number of nitrogens with one attached hydrogen (secondary N) is 1. The minimum atomic E-state index is -1.06. The first-order chi connectivity index (χ1) is 15.4. The van der Waals surface area contributed by atoms with E-state index in [-0.39, 0.29) is 16.8 Å². The number of ether oxygens (including phenoxy) is 1. The summed E-state index contributed by atoms with van der Waals surface area (Å²) in [5.41, 5.74) is 5.27. The molecular formula is C27H24ClNO3. The van der Waals surface area contributed by atoms with Crippen LogP contribution < -0.4 is 4.74 Å². The second-order valence-electron chi connectivity index (χ2n) is 8.62. The lowest BCUT2D eigenvalue weighted by Crippen LogP contribution is -2.05. The zero-order valence-electron chi connectivity index (χ0n) is 17.9. The van der Waals surface area contributed by atoms with Crippen LogP contribution in [0.25, 0.3) is 22.0 Å². The average Bonchev–Trinajstić information content (AvgIpc) is 3.51. The number of carbonyl (C=O) groups is 1. The van der Waals surface area contributed by atoms with Crippen molar-refractivity contribution < 1.29 is 14.6 Å². The number of carboxylic acids is 1. The van der Waals surface area contributed by atoms with Crippen molar-refractivity contribution in [3.63, 3.8) is 0 Å². The van der Waals surface area contributed by atoms with E-state index >= 15 is 0 Å². The molecule has 5 heteroatoms. The SMILES string of the molecule is CC(C)Oc1ccc(-c2c(C3CC3c3ccccc3)ccc3[nH]c(C(=O)O)c(Cl)c23)cc1. The maximum atomic E-state index is 11.7. The van der Waals surface area contributed by atoms with E-state index in [9.17, 15) is 9.90 Å². The van der Waals surface area contributed by atoms with E-state index in [4.69, 9.17) is 16.3 Å². The van der Waals surface area contributed by atoms with Gasteiger partial charge in [0.05, 0.1) is 11.1 Å². The van der Waals surface area contributed by atoms with Gasteiger partial charge in [-0.3, -0.25) is 0 Å². The number of carboxylic acid groups (broad SMARTS) is 1. The normalized spacial score (nSPS) is 17.6. The first-order valence-corrected chi connectivity index (χ1v) is 11.2. The molecule has 1 aliphatic carbocycles. The van der Waals surface area contributed by atoms with Gasteiger partial charge in [-0.2, -0.15) is 0 Å². The quantitative estimate of drug-likeness (QED) is 0.328. The number of H-pyrrole nitrogens is 1. The fourth-order valence-corrected chi connectivity index (χ4v) is 4.94. The molecule has 2 atom stereocenters. The summed E-state index contributed by atoms with van der Waals surface area (Å²) < 4.78 is 5.81. The Labute approximate surface area is 191 Å². The summed E-state index contributed by atoms with van der Waals surface area (Å²) in [7, 11) is 0. The highest BCUT2D eigenvalue weighted by molar-refractivity contribution is 6.39. The Balaban J connectivity index is 1.66. The van der Waals surface area contributed by atoms with Gasteiger partial charge in [0.15, 0.2) is 0 Å². The number of hydrogen-bond donors (Lipinski definition) is 2. The Morgan fingerprint density at radius 3 is 2.41 bits per heavy atom. The molecule has 0 aliphatic heterocycles. The Morgan fingerprint density at radius 1 is 1.03 bits per heavy atom. The Hall–Kier alpha value is -3.24. The molecule has 0 radical (unpaired) electrons. The van der Waals surface area contributed by atoms with Crippen LogP contribution in [0, 0.1) is 0 Å². The van der Waals surface area contributed by atoms with Crippen LogP contribution in [-0.2, 0) is 0 Å². The second-order valence-corrected chi connectivity index (χ2v) is 9.00. The van der Waals surface area contributed by atoms with Gasteiger partial charge >= 0.3 is 5.97 Å². The Kier molecular flexibility index (Phi) is 5.18. The third kappa shape index (κ3) is 3.65. The van der Waals surface area contributed by atoms with Crippen molar-refractivity contribution in [2.75, 3.05) is 0 Å². The summed E-state index contributed by atoms with van der Waals surface area (Å²) in [4.78, 5) is 14.7. The number of aromatic nitrogens is 1. The van der Waals surface area contributed by atoms with Gasteiger partial charge in [0.2, 0.25) is 0 Å². The van der Waals surface area contributed by atoms with Crippen LogP contribution in [0.15, 0.2) is 66.7 Å². The lowest BCUT2D eigenvalue weighted by Gasteiger charge is -2.14. The molecule has 2 N–H and O–H groups in total. The predicted octanol–water partition coefficient (Wildman–Crippen LogP) is 7.24. The molecule has 0 saturated heterocycles. The summed E-state index contributed by atoms with van der Waals surface area (Å²) in [5.74, 6) is 0.556. The molecule has 32 heavy (non-hydrogen) atoms. The van der Waals surface area contributed by atoms with E-state index in [2.05, 4.69) is 35.3 Å². The van der Waals surface area contributed by atoms with Gasteiger partial charge < -0.3 is 14.8 Å². The van der Waals surface area contributed by atoms with Crippen molar-refractivity contribution >= 4 is 28.5 Å². The van der Waals surface area contributed by atoms with Gasteiger partial charge in [0, 0.05) is 10.9 Å². The Morgan fingerprint density at radius 2 is 1.75 bits per heavy atom. The summed E-state index contributed by atoms with van der Waals surface area (Å²) in [6.07, 6.45) is 1.15. The average molecular weight is 446 g/mol. The number of hydrogen-bond acceptors (Lipinski definition) is 2. The fourth-order valence-electron chi connectivity index (χ4n) is 4.61. The van der Waals surface area contributed by atoms with Crippen molar-refractivity contribution in [1.29, 1.82) is 0 Å². The first kappa shape index (κ1) is 20.7. The van der Waals surface area contributed by atoms with Crippen LogP contribution in [0.2, 0.25) is 5.02 Å². The number of rotatable bonds is 6. The minimum Gasteiger partial charge on any atom is -0.491 e. The molecule has 4 aromatic rings. The number of fused-ring (bicyclic) bond motifs is 1. The highest BCUT2D eigenvalue weighted by atomic mass is 35.5. The number of aromatic amines is 1. The molecule has 3 aromatic carbocycles. The maximum Gasteiger partial charge on any atom is 0.353 e. The van der Waals surface area contributed by atoms with Crippen molar-refractivity contribution in [1.82, 2.24) is 4.98 Å². The first-order valence-electron chi connectivity index (χ1n) is 10.8. The molecule has 5 rings (SSSR count). The van der Waals surface area contributed by atoms with Crippen molar-refractivity contribution in [2.24, 2.45) is 0 Å². The summed E-state index contributed by atoms with van der Waals surface area (Å²) in [6, 6.07) is 22.6. The fraction of sp³-hybridized carbons (Fsp3) is 0.222. The van der Waals surface area contributed by atoms with E-state index in [0.717, 1.165) is 34.2 Å². The van der Waals surface area contributed by atoms with Gasteiger partial charge in [-0.15, -0.1) is 0 Å². The van der Waals surface area contributed by atoms with Crippen LogP contribution in [0.5, 0.6) is 5.75 Å². The largest absolute Gasteiger partial charge is 0.491 e. The van der Waals surface area contributed by atoms with E-state index in [1.165, 1.54) is 11.1 Å². The molecule has 1 aliphatic rings. The maximum absolute atomic E-state index is 11.7. The molecule has 1 fully saturated rings. The molecule has 1 saturated carbocycles. The number of halogens is 1. The molecular weight excluding hydrogens is 422 g/mol. The highest BCUT2D eigenvalue weighted by Gasteiger charge is 2.41. The van der Waals surface area contributed by atoms with E-state index in [1.54, 1.807) is 0 Å². The lowest BCUT2D eigenvalue weighted by atomic mass is 9.91. The monoisotopic (exact) mass is 445 g/mol. The molecule has 0 bridgehead atoms. The third-order valence-electron chi connectivity index (χ3n) is 6.08. The molecule has 0 amide bonds. The minimum absolute atomic E-state index is 0.0234. The van der Waals surface area contributed by atoms with Crippen LogP contribution >= 0.6 is 11.6 Å². The van der Waals surface area contributed by atoms with Crippen LogP contribution in [-0.4, -0.2) is 22.2 Å². The van der Waals surface area contributed by atoms with E-state index < -0.39 is 5.97 Å². The zero-order valence-corrected chi connectivity index (χ0v) is 18.7. The van der Waals surface area contributed by atoms with Crippen molar-refractivity contribution in [3.8, 4) is 16.9 Å². The summed E-state index contributed by atoms with van der Waals surface area (Å²) in [6.45, 7) is 3.99. The van der Waals surface area contributed by atoms with Crippen LogP contribution in [0.4, 0.5) is 0 Å². The molecule has 0 spiro atoms. The topological polar surface area (TPSA) is 62.3 Å². The molecule has 162 valence electrons. The van der Waals surface area contributed by atoms with Gasteiger partial charge in [0.1, 0.15) is 11.4 Å². The number of benzene rings is 3. The standard InChI is InChI=1S/C27H24ClNO3/c1-15(2)32-18-10-8-17(9-11-18)23-19(21-14-20(21)16-6-4-3-5-7-16)12-13-22-24(23)25(28)26(29-22)27(30)31/h3-13,15,20-21,29H,14H2,1-2H3,(H,30,31). The molecule has 4 nitrogen and oxygen atoms in total. The van der Waals surface area contributed by atoms with E-state index in [0.29, 0.717) is 11.8 Å². The Bertz CT molecular complexity index is 1290. The van der Waals surface area contributed by atoms with Crippen LogP contribution in [0.3, 0.4) is 0 Å². The second kappa shape index (κ2) is 8.03. The molecule has 1 aromatic heterocycles. The molecule has 1 heterocycles. The molecule has 2 unspecified atom stereocenters. The van der Waals surface area contributed by atoms with Gasteiger partial charge in [-0.25, -0.2) is 4.79 Å². The van der Waals surface area contributed by atoms with Gasteiger partial charge in [0.25, 0.3) is 0 Å². The van der Waals surface area contributed by atoms with Gasteiger partial charge in [-0.05, 0) is 72.6 Å². The van der Waals surface area contributed by atoms with Crippen LogP contribution in [0.1, 0.15) is 53.7 Å². The third-order valence-corrected chi connectivity index (χ3v) is 6.46. The highest BCUT2D eigenvalue weighted by Crippen LogP contribution is 2.57. The number of aromatic carboxylic acids is 1. The van der Waals surface area contributed by atoms with E-state index in [1.807, 2.05) is 50.2 Å². The van der Waals surface area contributed by atoms with Crippen molar-refractivity contribution in [3.05, 3.63) is 88.6 Å². The predicted molar refractivity (Wildman–Crippen MR) is 128 cm³/mol. The zero-order chi connectivity index (χ0) is 22.4. The summed E-state index contributed by atoms with van der Waals surface area (Å²) in [5, 5.41) is 10.6. The summed E-state index contributed by atoms with van der Waals surface area (Å²) >= 11 is 6.62. The lowest BCUT2D eigenvalue weighted by molar-refractivity contribution is 0.0691. The van der Waals surface area contributed by atoms with Crippen molar-refractivity contribution in [2.45, 2.75) is 38.2 Å². The smallest absolute Gasteiger partial charge is 0.353 e. The van der Waals surface area contributed by atoms with Gasteiger partial charge in [-0.1, -0.05) is 60.1 Å².